The van der Waals surface area contributed by atoms with Crippen LogP contribution in [0.1, 0.15) is 0 Å². The Morgan fingerprint density at radius 2 is 0.800 bits per heavy atom. The SMILES string of the molecule is Clc1cccc2cccc([Se]c3ccc([Se]c4cccc5cccc(Cl)c45)cc3)c12. The van der Waals surface area contributed by atoms with Gasteiger partial charge in [0.25, 0.3) is 0 Å². The average Bonchev–Trinajstić information content (AvgIpc) is 2.76. The van der Waals surface area contributed by atoms with Crippen LogP contribution in [0.2, 0.25) is 10.0 Å². The molecule has 5 aromatic carbocycles. The number of fused-ring (bicyclic) bond motifs is 2. The van der Waals surface area contributed by atoms with E-state index in [-0.39, 0.29) is 29.9 Å². The molecule has 0 aliphatic rings. The summed E-state index contributed by atoms with van der Waals surface area (Å²) in [5, 5.41) is 6.43. The molecular weight excluding hydrogens is 541 g/mol. The van der Waals surface area contributed by atoms with E-state index in [0.29, 0.717) is 0 Å². The first kappa shape index (κ1) is 20.2. The summed E-state index contributed by atoms with van der Waals surface area (Å²) >= 11 is 13.4. The Bertz CT molecular complexity index is 1240. The minimum absolute atomic E-state index is 0.207. The van der Waals surface area contributed by atoms with Crippen LogP contribution in [0, 0.1) is 0 Å². The van der Waals surface area contributed by atoms with Gasteiger partial charge >= 0.3 is 200 Å². The van der Waals surface area contributed by atoms with Gasteiger partial charge in [0.2, 0.25) is 0 Å². The molecule has 0 nitrogen and oxygen atoms in total. The van der Waals surface area contributed by atoms with Gasteiger partial charge in [-0.3, -0.25) is 0 Å². The molecule has 0 unspecified atom stereocenters. The number of halogens is 2. The molecule has 146 valence electrons. The van der Waals surface area contributed by atoms with Gasteiger partial charge in [0.05, 0.1) is 0 Å². The van der Waals surface area contributed by atoms with Crippen LogP contribution < -0.4 is 17.8 Å². The molecule has 0 saturated carbocycles. The Balaban J connectivity index is 1.43. The average molecular weight is 557 g/mol. The van der Waals surface area contributed by atoms with Crippen molar-refractivity contribution < 1.29 is 0 Å². The molecule has 0 amide bonds. The van der Waals surface area contributed by atoms with E-state index < -0.39 is 0 Å². The molecule has 5 rings (SSSR count). The first-order valence-corrected chi connectivity index (χ1v) is 13.7. The van der Waals surface area contributed by atoms with Crippen LogP contribution in [0.3, 0.4) is 0 Å². The van der Waals surface area contributed by atoms with E-state index in [4.69, 9.17) is 23.2 Å². The second-order valence-corrected chi connectivity index (χ2v) is 12.4. The number of hydrogen-bond donors (Lipinski definition) is 0. The Kier molecular flexibility index (Phi) is 5.89. The van der Waals surface area contributed by atoms with Gasteiger partial charge in [0, 0.05) is 0 Å². The summed E-state index contributed by atoms with van der Waals surface area (Å²) in [5.41, 5.74) is 0. The minimum atomic E-state index is 0.207. The maximum absolute atomic E-state index is 6.51. The normalized spacial score (nSPS) is 11.3. The molecular formula is C26H16Cl2Se2. The topological polar surface area (TPSA) is 0 Å². The van der Waals surface area contributed by atoms with Gasteiger partial charge in [-0.25, -0.2) is 0 Å². The summed E-state index contributed by atoms with van der Waals surface area (Å²) in [4.78, 5) is 0. The standard InChI is InChI=1S/C26H16Cl2Se2/c27-21-9-1-5-17-7-3-11-23(25(17)21)29-19-13-15-20(16-14-19)30-24-12-4-8-18-6-2-10-22(28)26(18)24/h1-16H. The zero-order chi connectivity index (χ0) is 20.5. The molecule has 0 spiro atoms. The molecule has 0 radical (unpaired) electrons. The summed E-state index contributed by atoms with van der Waals surface area (Å²) in [7, 11) is 0. The summed E-state index contributed by atoms with van der Waals surface area (Å²) in [6.45, 7) is 0. The molecule has 0 heterocycles. The van der Waals surface area contributed by atoms with Crippen molar-refractivity contribution in [3.8, 4) is 0 Å². The fourth-order valence-corrected chi connectivity index (χ4v) is 8.55. The first-order chi connectivity index (χ1) is 14.7. The molecule has 0 aromatic heterocycles. The van der Waals surface area contributed by atoms with E-state index in [2.05, 4.69) is 72.8 Å². The van der Waals surface area contributed by atoms with Crippen LogP contribution in [0.25, 0.3) is 21.5 Å². The van der Waals surface area contributed by atoms with Gasteiger partial charge in [0.15, 0.2) is 0 Å². The van der Waals surface area contributed by atoms with E-state index in [1.165, 1.54) is 39.4 Å². The Morgan fingerprint density at radius 3 is 1.20 bits per heavy atom. The van der Waals surface area contributed by atoms with Crippen molar-refractivity contribution in [3.63, 3.8) is 0 Å². The maximum atomic E-state index is 6.51. The van der Waals surface area contributed by atoms with Crippen molar-refractivity contribution in [2.75, 3.05) is 0 Å². The van der Waals surface area contributed by atoms with E-state index in [0.717, 1.165) is 10.0 Å². The van der Waals surface area contributed by atoms with E-state index >= 15 is 0 Å². The van der Waals surface area contributed by atoms with E-state index in [1.54, 1.807) is 0 Å². The summed E-state index contributed by atoms with van der Waals surface area (Å²) in [6, 6.07) is 34.2. The Morgan fingerprint density at radius 1 is 0.433 bits per heavy atom. The van der Waals surface area contributed by atoms with Gasteiger partial charge in [-0.05, 0) is 0 Å². The first-order valence-electron chi connectivity index (χ1n) is 9.49. The third kappa shape index (κ3) is 4.05. The molecule has 0 N–H and O–H groups in total. The molecule has 30 heavy (non-hydrogen) atoms. The van der Waals surface area contributed by atoms with Crippen molar-refractivity contribution in [3.05, 3.63) is 107 Å². The Labute approximate surface area is 198 Å². The number of benzene rings is 5. The fourth-order valence-electron chi connectivity index (χ4n) is 3.52. The van der Waals surface area contributed by atoms with Crippen molar-refractivity contribution >= 4 is 92.5 Å². The van der Waals surface area contributed by atoms with Gasteiger partial charge in [-0.1, -0.05) is 0 Å². The Hall–Kier alpha value is -1.76. The molecule has 0 bridgehead atoms. The zero-order valence-corrected chi connectivity index (χ0v) is 20.7. The van der Waals surface area contributed by atoms with Crippen molar-refractivity contribution in [2.24, 2.45) is 0 Å². The molecule has 0 fully saturated rings. The molecule has 0 aliphatic carbocycles. The van der Waals surface area contributed by atoms with E-state index in [9.17, 15) is 0 Å². The summed E-state index contributed by atoms with van der Waals surface area (Å²) in [5.74, 6) is 0. The van der Waals surface area contributed by atoms with Crippen LogP contribution in [-0.4, -0.2) is 29.9 Å². The molecule has 4 heteroatoms. The van der Waals surface area contributed by atoms with E-state index in [1.807, 2.05) is 24.3 Å². The van der Waals surface area contributed by atoms with Crippen LogP contribution >= 0.6 is 23.2 Å². The van der Waals surface area contributed by atoms with Gasteiger partial charge in [-0.2, -0.15) is 0 Å². The monoisotopic (exact) mass is 558 g/mol. The van der Waals surface area contributed by atoms with Crippen molar-refractivity contribution in [1.29, 1.82) is 0 Å². The quantitative estimate of drug-likeness (QED) is 0.284. The third-order valence-electron chi connectivity index (χ3n) is 4.91. The van der Waals surface area contributed by atoms with Crippen LogP contribution in [0.15, 0.2) is 97.1 Å². The van der Waals surface area contributed by atoms with Crippen molar-refractivity contribution in [2.45, 2.75) is 0 Å². The number of hydrogen-bond acceptors (Lipinski definition) is 0. The fraction of sp³-hybridized carbons (Fsp3) is 0. The second kappa shape index (κ2) is 8.77. The summed E-state index contributed by atoms with van der Waals surface area (Å²) in [6.07, 6.45) is 0. The molecule has 0 atom stereocenters. The molecule has 5 aromatic rings. The summed E-state index contributed by atoms with van der Waals surface area (Å²) < 4.78 is 5.35. The zero-order valence-electron chi connectivity index (χ0n) is 15.8. The number of rotatable bonds is 4. The molecule has 0 aliphatic heterocycles. The van der Waals surface area contributed by atoms with Crippen LogP contribution in [-0.2, 0) is 0 Å². The van der Waals surface area contributed by atoms with Crippen molar-refractivity contribution in [1.82, 2.24) is 0 Å². The predicted octanol–water partition coefficient (Wildman–Crippen LogP) is 4.61. The van der Waals surface area contributed by atoms with Gasteiger partial charge < -0.3 is 0 Å². The van der Waals surface area contributed by atoms with Gasteiger partial charge in [0.1, 0.15) is 0 Å². The predicted molar refractivity (Wildman–Crippen MR) is 134 cm³/mol. The van der Waals surface area contributed by atoms with Crippen LogP contribution in [0.4, 0.5) is 0 Å². The molecule has 0 saturated heterocycles. The van der Waals surface area contributed by atoms with Gasteiger partial charge in [-0.15, -0.1) is 0 Å². The third-order valence-corrected chi connectivity index (χ3v) is 10.0. The second-order valence-electron chi connectivity index (χ2n) is 6.86. The van der Waals surface area contributed by atoms with Crippen LogP contribution in [0.5, 0.6) is 0 Å².